The molecule has 0 aliphatic carbocycles. The molecular formula is C10H15N3. The fourth-order valence-electron chi connectivity index (χ4n) is 1.16. The van der Waals surface area contributed by atoms with Gasteiger partial charge in [0, 0.05) is 5.69 Å². The second-order valence-electron chi connectivity index (χ2n) is 2.62. The third-order valence-corrected chi connectivity index (χ3v) is 1.63. The minimum atomic E-state index is 0.566. The monoisotopic (exact) mass is 177 g/mol. The maximum absolute atomic E-state index is 5.51. The molecule has 3 heteroatoms. The van der Waals surface area contributed by atoms with E-state index in [1.54, 1.807) is 6.07 Å². The van der Waals surface area contributed by atoms with Crippen LogP contribution in [0.15, 0.2) is 18.2 Å². The Hall–Kier alpha value is -1.51. The Balaban J connectivity index is 0.000000396. The third-order valence-electron chi connectivity index (χ3n) is 1.63. The first kappa shape index (κ1) is 9.58. The maximum Gasteiger partial charge on any atom is 0.124 e. The summed E-state index contributed by atoms with van der Waals surface area (Å²) in [6.45, 7) is 6.00. The van der Waals surface area contributed by atoms with Crippen molar-refractivity contribution in [2.24, 2.45) is 0 Å². The lowest BCUT2D eigenvalue weighted by Gasteiger charge is -1.89. The van der Waals surface area contributed by atoms with Crippen LogP contribution >= 0.6 is 0 Å². The molecule has 0 fully saturated rings. The zero-order valence-electron chi connectivity index (χ0n) is 8.26. The van der Waals surface area contributed by atoms with Crippen molar-refractivity contribution in [2.75, 3.05) is 5.73 Å². The first-order valence-corrected chi connectivity index (χ1v) is 4.47. The van der Waals surface area contributed by atoms with Crippen LogP contribution in [-0.2, 0) is 0 Å². The predicted octanol–water partition coefficient (Wildman–Crippen LogP) is 2.48. The number of H-pyrrole nitrogens is 1. The minimum absolute atomic E-state index is 0.566. The van der Waals surface area contributed by atoms with Crippen molar-refractivity contribution in [3.05, 3.63) is 23.9 Å². The van der Waals surface area contributed by atoms with Crippen LogP contribution < -0.4 is 5.73 Å². The average molecular weight is 177 g/mol. The van der Waals surface area contributed by atoms with Crippen molar-refractivity contribution >= 4 is 16.9 Å². The van der Waals surface area contributed by atoms with Gasteiger partial charge in [-0.15, -0.1) is 0 Å². The van der Waals surface area contributed by atoms with E-state index in [1.165, 1.54) is 0 Å². The molecule has 3 N–H and O–H groups in total. The number of hydrogen-bond acceptors (Lipinski definition) is 2. The molecule has 3 nitrogen and oxygen atoms in total. The highest BCUT2D eigenvalue weighted by molar-refractivity contribution is 5.77. The van der Waals surface area contributed by atoms with Crippen molar-refractivity contribution in [3.8, 4) is 0 Å². The molecule has 2 heterocycles. The van der Waals surface area contributed by atoms with Crippen molar-refractivity contribution in [1.82, 2.24) is 9.97 Å². The standard InChI is InChI=1S/C8H9N3.C2H6/c1-5-4-7-6(10-5)2-3-8(9)11-7;1-2/h2-4,10H,1H3,(H2,9,11);1-2H3. The second-order valence-corrected chi connectivity index (χ2v) is 2.62. The fourth-order valence-corrected chi connectivity index (χ4v) is 1.16. The largest absolute Gasteiger partial charge is 0.384 e. The van der Waals surface area contributed by atoms with Crippen LogP contribution in [0, 0.1) is 6.92 Å². The number of aromatic nitrogens is 2. The Kier molecular flexibility index (Phi) is 2.90. The third kappa shape index (κ3) is 1.99. The van der Waals surface area contributed by atoms with E-state index >= 15 is 0 Å². The second kappa shape index (κ2) is 3.94. The molecule has 0 atom stereocenters. The highest BCUT2D eigenvalue weighted by Gasteiger charge is 1.97. The van der Waals surface area contributed by atoms with Crippen molar-refractivity contribution < 1.29 is 0 Å². The van der Waals surface area contributed by atoms with Gasteiger partial charge < -0.3 is 10.7 Å². The van der Waals surface area contributed by atoms with Crippen LogP contribution in [0.2, 0.25) is 0 Å². The molecule has 70 valence electrons. The molecule has 0 radical (unpaired) electrons. The summed E-state index contributed by atoms with van der Waals surface area (Å²) in [7, 11) is 0. The molecule has 0 aliphatic rings. The Labute approximate surface area is 78.0 Å². The molecular weight excluding hydrogens is 162 g/mol. The topological polar surface area (TPSA) is 54.7 Å². The molecule has 0 spiro atoms. The summed E-state index contributed by atoms with van der Waals surface area (Å²) >= 11 is 0. The number of aromatic amines is 1. The zero-order chi connectivity index (χ0) is 9.84. The van der Waals surface area contributed by atoms with E-state index in [9.17, 15) is 0 Å². The predicted molar refractivity (Wildman–Crippen MR) is 56.6 cm³/mol. The van der Waals surface area contributed by atoms with Gasteiger partial charge in [0.1, 0.15) is 5.82 Å². The number of hydrogen-bond donors (Lipinski definition) is 2. The van der Waals surface area contributed by atoms with E-state index < -0.39 is 0 Å². The van der Waals surface area contributed by atoms with E-state index in [0.29, 0.717) is 5.82 Å². The molecule has 0 bridgehead atoms. The molecule has 0 aliphatic heterocycles. The van der Waals surface area contributed by atoms with E-state index in [4.69, 9.17) is 5.73 Å². The summed E-state index contributed by atoms with van der Waals surface area (Å²) in [5.41, 5.74) is 8.59. The number of nitrogens with two attached hydrogens (primary N) is 1. The summed E-state index contributed by atoms with van der Waals surface area (Å²) in [4.78, 5) is 7.31. The molecule has 0 aromatic carbocycles. The Morgan fingerprint density at radius 1 is 1.31 bits per heavy atom. The van der Waals surface area contributed by atoms with E-state index in [1.807, 2.05) is 32.9 Å². The SMILES string of the molecule is CC.Cc1cc2nc(N)ccc2[nH]1. The summed E-state index contributed by atoms with van der Waals surface area (Å²) in [5, 5.41) is 0. The summed E-state index contributed by atoms with van der Waals surface area (Å²) < 4.78 is 0. The van der Waals surface area contributed by atoms with Crippen molar-refractivity contribution in [1.29, 1.82) is 0 Å². The molecule has 0 saturated heterocycles. The van der Waals surface area contributed by atoms with Crippen molar-refractivity contribution in [3.63, 3.8) is 0 Å². The van der Waals surface area contributed by atoms with Gasteiger partial charge in [0.25, 0.3) is 0 Å². The highest BCUT2D eigenvalue weighted by Crippen LogP contribution is 2.13. The average Bonchev–Trinajstić information content (AvgIpc) is 2.48. The molecule has 2 aromatic rings. The van der Waals surface area contributed by atoms with Gasteiger partial charge in [0.15, 0.2) is 0 Å². The van der Waals surface area contributed by atoms with Crippen LogP contribution in [-0.4, -0.2) is 9.97 Å². The Morgan fingerprint density at radius 2 is 2.00 bits per heavy atom. The van der Waals surface area contributed by atoms with Crippen LogP contribution in [0.5, 0.6) is 0 Å². The van der Waals surface area contributed by atoms with E-state index in [0.717, 1.165) is 16.7 Å². The van der Waals surface area contributed by atoms with E-state index in [-0.39, 0.29) is 0 Å². The summed E-state index contributed by atoms with van der Waals surface area (Å²) in [5.74, 6) is 0.566. The van der Waals surface area contributed by atoms with Crippen LogP contribution in [0.4, 0.5) is 5.82 Å². The van der Waals surface area contributed by atoms with Gasteiger partial charge in [0.2, 0.25) is 0 Å². The first-order valence-electron chi connectivity index (χ1n) is 4.47. The maximum atomic E-state index is 5.51. The summed E-state index contributed by atoms with van der Waals surface area (Å²) in [6.07, 6.45) is 0. The van der Waals surface area contributed by atoms with Crippen LogP contribution in [0.1, 0.15) is 19.5 Å². The van der Waals surface area contributed by atoms with E-state index in [2.05, 4.69) is 9.97 Å². The number of fused-ring (bicyclic) bond motifs is 1. The quantitative estimate of drug-likeness (QED) is 0.649. The van der Waals surface area contributed by atoms with Gasteiger partial charge in [-0.05, 0) is 25.1 Å². The van der Waals surface area contributed by atoms with Crippen LogP contribution in [0.3, 0.4) is 0 Å². The van der Waals surface area contributed by atoms with Gasteiger partial charge in [-0.25, -0.2) is 4.98 Å². The highest BCUT2D eigenvalue weighted by atomic mass is 14.9. The number of nitrogen functional groups attached to an aromatic ring is 1. The van der Waals surface area contributed by atoms with Gasteiger partial charge in [-0.1, -0.05) is 13.8 Å². The fraction of sp³-hybridized carbons (Fsp3) is 0.300. The minimum Gasteiger partial charge on any atom is -0.384 e. The first-order chi connectivity index (χ1) is 6.25. The lowest BCUT2D eigenvalue weighted by Crippen LogP contribution is -1.87. The number of nitrogens with zero attached hydrogens (tertiary/aromatic N) is 1. The number of aryl methyl sites for hydroxylation is 1. The lowest BCUT2D eigenvalue weighted by atomic mass is 10.4. The van der Waals surface area contributed by atoms with Gasteiger partial charge in [-0.3, -0.25) is 0 Å². The number of rotatable bonds is 0. The molecule has 13 heavy (non-hydrogen) atoms. The Morgan fingerprint density at radius 3 is 2.69 bits per heavy atom. The number of anilines is 1. The molecule has 0 unspecified atom stereocenters. The molecule has 2 rings (SSSR count). The molecule has 0 saturated carbocycles. The van der Waals surface area contributed by atoms with Crippen LogP contribution in [0.25, 0.3) is 11.0 Å². The van der Waals surface area contributed by atoms with Gasteiger partial charge in [0.05, 0.1) is 11.0 Å². The normalized spacial score (nSPS) is 9.46. The number of nitrogens with one attached hydrogen (secondary N) is 1. The summed E-state index contributed by atoms with van der Waals surface area (Å²) in [6, 6.07) is 5.70. The van der Waals surface area contributed by atoms with Gasteiger partial charge >= 0.3 is 0 Å². The van der Waals surface area contributed by atoms with Gasteiger partial charge in [-0.2, -0.15) is 0 Å². The lowest BCUT2D eigenvalue weighted by molar-refractivity contribution is 1.30. The Bertz CT molecular complexity index is 390. The smallest absolute Gasteiger partial charge is 0.124 e. The molecule has 2 aromatic heterocycles. The zero-order valence-corrected chi connectivity index (χ0v) is 8.26. The van der Waals surface area contributed by atoms with Crippen molar-refractivity contribution in [2.45, 2.75) is 20.8 Å². The number of pyridine rings is 1. The molecule has 0 amide bonds.